The maximum Gasteiger partial charge on any atom is 0.323 e. The van der Waals surface area contributed by atoms with Crippen molar-refractivity contribution in [3.8, 4) is 0 Å². The maximum atomic E-state index is 13.0. The minimum Gasteiger partial charge on any atom is -0.465 e. The number of ether oxygens (including phenoxy) is 2. The van der Waals surface area contributed by atoms with Crippen molar-refractivity contribution in [1.82, 2.24) is 4.98 Å². The van der Waals surface area contributed by atoms with Crippen LogP contribution in [0.2, 0.25) is 0 Å². The Bertz CT molecular complexity index is 1020. The summed E-state index contributed by atoms with van der Waals surface area (Å²) in [5.74, 6) is -0.951. The number of nitrogens with zero attached hydrogens (tertiary/aromatic N) is 1. The Kier molecular flexibility index (Phi) is 4.72. The first-order chi connectivity index (χ1) is 13.9. The van der Waals surface area contributed by atoms with E-state index in [1.807, 2.05) is 18.3 Å². The average molecular weight is 393 g/mol. The van der Waals surface area contributed by atoms with E-state index in [1.165, 1.54) is 0 Å². The van der Waals surface area contributed by atoms with Crippen molar-refractivity contribution < 1.29 is 19.1 Å². The van der Waals surface area contributed by atoms with E-state index in [-0.39, 0.29) is 18.6 Å². The molecule has 0 spiro atoms. The topological polar surface area (TPSA) is 65.5 Å². The van der Waals surface area contributed by atoms with Gasteiger partial charge in [0.15, 0.2) is 5.41 Å². The molecule has 1 unspecified atom stereocenters. The molecule has 1 saturated carbocycles. The number of carbonyl (C=O) groups is 2. The number of hydrogen-bond donors (Lipinski definition) is 0. The van der Waals surface area contributed by atoms with E-state index < -0.39 is 17.4 Å². The summed E-state index contributed by atoms with van der Waals surface area (Å²) in [7, 11) is 0. The lowest BCUT2D eigenvalue weighted by molar-refractivity contribution is -0.172. The molecule has 0 N–H and O–H groups in total. The lowest BCUT2D eigenvalue weighted by Gasteiger charge is -2.34. The van der Waals surface area contributed by atoms with Gasteiger partial charge in [-0.1, -0.05) is 36.8 Å². The van der Waals surface area contributed by atoms with Crippen LogP contribution in [0.5, 0.6) is 0 Å². The molecule has 0 radical (unpaired) electrons. The molecule has 1 heterocycles. The number of esters is 2. The summed E-state index contributed by atoms with van der Waals surface area (Å²) in [5, 5.41) is 2.25. The van der Waals surface area contributed by atoms with Gasteiger partial charge in [-0.3, -0.25) is 14.6 Å². The van der Waals surface area contributed by atoms with E-state index in [0.717, 1.165) is 33.2 Å². The molecule has 2 aromatic rings. The first-order valence-corrected chi connectivity index (χ1v) is 10.3. The molecule has 1 aromatic heterocycles. The van der Waals surface area contributed by atoms with Crippen LogP contribution in [0.4, 0.5) is 0 Å². The molecular weight excluding hydrogens is 366 g/mol. The number of fused-ring (bicyclic) bond motifs is 4. The summed E-state index contributed by atoms with van der Waals surface area (Å²) in [6.07, 6.45) is 3.34. The SMILES string of the molecule is CCOC(=O)C1(C(=O)OCC)CC2=C(C)c3c(ncc4ccccc34)CC2(C)C1. The van der Waals surface area contributed by atoms with Gasteiger partial charge in [0.2, 0.25) is 0 Å². The standard InChI is InChI=1S/C24H27NO4/c1-5-28-21(26)24(22(27)29-6-2)11-18-15(3)20-17-10-8-7-9-16(17)13-25-19(20)12-23(18,4)14-24/h7-10,13H,5-6,11-12,14H2,1-4H3. The lowest BCUT2D eigenvalue weighted by atomic mass is 9.71. The van der Waals surface area contributed by atoms with Crippen molar-refractivity contribution in [2.45, 2.75) is 47.0 Å². The third kappa shape index (κ3) is 2.86. The highest BCUT2D eigenvalue weighted by Gasteiger charge is 2.61. The van der Waals surface area contributed by atoms with Crippen molar-refractivity contribution in [3.63, 3.8) is 0 Å². The van der Waals surface area contributed by atoms with Crippen molar-refractivity contribution in [1.29, 1.82) is 0 Å². The number of hydrogen-bond acceptors (Lipinski definition) is 5. The first-order valence-electron chi connectivity index (χ1n) is 10.3. The molecule has 152 valence electrons. The van der Waals surface area contributed by atoms with Crippen LogP contribution in [0.15, 0.2) is 36.0 Å². The molecule has 2 aliphatic carbocycles. The molecule has 1 aromatic carbocycles. The third-order valence-electron chi connectivity index (χ3n) is 6.49. The molecule has 5 nitrogen and oxygen atoms in total. The minimum atomic E-state index is -1.28. The zero-order chi connectivity index (χ0) is 20.8. The monoisotopic (exact) mass is 393 g/mol. The second kappa shape index (κ2) is 6.97. The number of pyridine rings is 1. The number of aromatic nitrogens is 1. The zero-order valence-electron chi connectivity index (χ0n) is 17.5. The molecule has 2 aliphatic rings. The predicted molar refractivity (Wildman–Crippen MR) is 111 cm³/mol. The van der Waals surface area contributed by atoms with Crippen LogP contribution in [-0.4, -0.2) is 30.1 Å². The summed E-state index contributed by atoms with van der Waals surface area (Å²) >= 11 is 0. The highest BCUT2D eigenvalue weighted by Crippen LogP contribution is 2.60. The Morgan fingerprint density at radius 2 is 1.72 bits per heavy atom. The Labute approximate surface area is 171 Å². The summed E-state index contributed by atoms with van der Waals surface area (Å²) in [6.45, 7) is 8.22. The Balaban J connectivity index is 1.88. The fraction of sp³-hybridized carbons (Fsp3) is 0.458. The van der Waals surface area contributed by atoms with Crippen molar-refractivity contribution in [2.75, 3.05) is 13.2 Å². The molecular formula is C24H27NO4. The Morgan fingerprint density at radius 3 is 2.38 bits per heavy atom. The average Bonchev–Trinajstić information content (AvgIpc) is 3.03. The summed E-state index contributed by atoms with van der Waals surface area (Å²) < 4.78 is 10.7. The second-order valence-corrected chi connectivity index (χ2v) is 8.38. The van der Waals surface area contributed by atoms with Gasteiger partial charge < -0.3 is 9.47 Å². The molecule has 29 heavy (non-hydrogen) atoms. The van der Waals surface area contributed by atoms with Gasteiger partial charge in [-0.25, -0.2) is 0 Å². The fourth-order valence-electron chi connectivity index (χ4n) is 5.29. The van der Waals surface area contributed by atoms with Crippen molar-refractivity contribution in [3.05, 3.63) is 47.3 Å². The van der Waals surface area contributed by atoms with Gasteiger partial charge in [-0.2, -0.15) is 0 Å². The smallest absolute Gasteiger partial charge is 0.323 e. The zero-order valence-corrected chi connectivity index (χ0v) is 17.5. The minimum absolute atomic E-state index is 0.237. The Hall–Kier alpha value is -2.69. The van der Waals surface area contributed by atoms with Crippen molar-refractivity contribution in [2.24, 2.45) is 10.8 Å². The largest absolute Gasteiger partial charge is 0.465 e. The summed E-state index contributed by atoms with van der Waals surface area (Å²) in [6, 6.07) is 8.21. The van der Waals surface area contributed by atoms with Crippen LogP contribution in [0.25, 0.3) is 16.3 Å². The van der Waals surface area contributed by atoms with E-state index in [2.05, 4.69) is 26.0 Å². The number of carbonyl (C=O) groups excluding carboxylic acids is 2. The van der Waals surface area contributed by atoms with Gasteiger partial charge in [0.1, 0.15) is 0 Å². The highest BCUT2D eigenvalue weighted by atomic mass is 16.6. The molecule has 0 bridgehead atoms. The van der Waals surface area contributed by atoms with Crippen LogP contribution >= 0.6 is 0 Å². The second-order valence-electron chi connectivity index (χ2n) is 8.38. The molecule has 1 fully saturated rings. The summed E-state index contributed by atoms with van der Waals surface area (Å²) in [5.41, 5.74) is 2.81. The molecule has 0 saturated heterocycles. The van der Waals surface area contributed by atoms with E-state index in [1.54, 1.807) is 13.8 Å². The van der Waals surface area contributed by atoms with Gasteiger partial charge in [0, 0.05) is 22.8 Å². The van der Waals surface area contributed by atoms with E-state index >= 15 is 0 Å². The van der Waals surface area contributed by atoms with E-state index in [9.17, 15) is 9.59 Å². The molecule has 5 heteroatoms. The number of benzene rings is 1. The van der Waals surface area contributed by atoms with Crippen molar-refractivity contribution >= 4 is 28.3 Å². The fourth-order valence-corrected chi connectivity index (χ4v) is 5.29. The van der Waals surface area contributed by atoms with Gasteiger partial charge in [0.25, 0.3) is 0 Å². The molecule has 1 atom stereocenters. The third-order valence-corrected chi connectivity index (χ3v) is 6.49. The molecule has 0 amide bonds. The van der Waals surface area contributed by atoms with Gasteiger partial charge >= 0.3 is 11.9 Å². The molecule has 0 aliphatic heterocycles. The lowest BCUT2D eigenvalue weighted by Crippen LogP contribution is -2.41. The number of allylic oxidation sites excluding steroid dienone is 2. The van der Waals surface area contributed by atoms with Gasteiger partial charge in [-0.15, -0.1) is 0 Å². The Morgan fingerprint density at radius 1 is 1.07 bits per heavy atom. The highest BCUT2D eigenvalue weighted by molar-refractivity contribution is 6.03. The van der Waals surface area contributed by atoms with Gasteiger partial charge in [-0.05, 0) is 56.4 Å². The van der Waals surface area contributed by atoms with Gasteiger partial charge in [0.05, 0.1) is 13.2 Å². The molecule has 4 rings (SSSR count). The van der Waals surface area contributed by atoms with E-state index in [0.29, 0.717) is 19.3 Å². The normalized spacial score (nSPS) is 22.2. The number of rotatable bonds is 4. The van der Waals surface area contributed by atoms with Crippen LogP contribution in [0.3, 0.4) is 0 Å². The quantitative estimate of drug-likeness (QED) is 0.566. The first kappa shape index (κ1) is 19.6. The van der Waals surface area contributed by atoms with Crippen LogP contribution in [-0.2, 0) is 25.5 Å². The maximum absolute atomic E-state index is 13.0. The predicted octanol–water partition coefficient (Wildman–Crippen LogP) is 4.48. The van der Waals surface area contributed by atoms with Crippen LogP contribution < -0.4 is 0 Å². The van der Waals surface area contributed by atoms with Crippen LogP contribution in [0, 0.1) is 10.8 Å². The van der Waals surface area contributed by atoms with Crippen LogP contribution in [0.1, 0.15) is 51.8 Å². The van der Waals surface area contributed by atoms with E-state index in [4.69, 9.17) is 14.5 Å². The summed E-state index contributed by atoms with van der Waals surface area (Å²) in [4.78, 5) is 30.7.